The second-order valence-electron chi connectivity index (χ2n) is 4.24. The Morgan fingerprint density at radius 1 is 1.35 bits per heavy atom. The van der Waals surface area contributed by atoms with Crippen molar-refractivity contribution in [1.29, 1.82) is 0 Å². The average Bonchev–Trinajstić information content (AvgIpc) is 2.68. The van der Waals surface area contributed by atoms with E-state index in [1.54, 1.807) is 7.11 Å². The standard InChI is InChI=1S/C12H18N2O3/c1-17-9-3-2-8(5-13)10(4-9)14-6-11(15)12(16)7-14/h2-4,11-12,15-16H,5-7,13H2,1H3. The topological polar surface area (TPSA) is 79.0 Å². The number of benzene rings is 1. The minimum absolute atomic E-state index is 0.418. The molecule has 2 unspecified atom stereocenters. The van der Waals surface area contributed by atoms with Gasteiger partial charge in [-0.15, -0.1) is 0 Å². The highest BCUT2D eigenvalue weighted by Crippen LogP contribution is 2.28. The van der Waals surface area contributed by atoms with Gasteiger partial charge >= 0.3 is 0 Å². The molecular weight excluding hydrogens is 220 g/mol. The summed E-state index contributed by atoms with van der Waals surface area (Å²) < 4.78 is 5.18. The Kier molecular flexibility index (Phi) is 3.51. The van der Waals surface area contributed by atoms with E-state index in [9.17, 15) is 10.2 Å². The van der Waals surface area contributed by atoms with Crippen LogP contribution >= 0.6 is 0 Å². The molecule has 2 atom stereocenters. The molecule has 1 aromatic rings. The SMILES string of the molecule is COc1ccc(CN)c(N2CC(O)C(O)C2)c1. The predicted octanol–water partition coefficient (Wildman–Crippen LogP) is -0.304. The molecule has 1 aliphatic heterocycles. The first kappa shape index (κ1) is 12.2. The Hall–Kier alpha value is -1.30. The lowest BCUT2D eigenvalue weighted by molar-refractivity contribution is 0.0572. The van der Waals surface area contributed by atoms with E-state index in [1.165, 1.54) is 0 Å². The van der Waals surface area contributed by atoms with Crippen LogP contribution in [-0.4, -0.2) is 42.6 Å². The molecule has 2 rings (SSSR count). The maximum Gasteiger partial charge on any atom is 0.120 e. The van der Waals surface area contributed by atoms with Crippen LogP contribution in [0.5, 0.6) is 5.75 Å². The summed E-state index contributed by atoms with van der Waals surface area (Å²) in [5.74, 6) is 0.744. The third-order valence-electron chi connectivity index (χ3n) is 3.11. The molecule has 1 saturated heterocycles. The number of rotatable bonds is 3. The fraction of sp³-hybridized carbons (Fsp3) is 0.500. The smallest absolute Gasteiger partial charge is 0.120 e. The minimum atomic E-state index is -0.702. The van der Waals surface area contributed by atoms with Crippen molar-refractivity contribution >= 4 is 5.69 Å². The zero-order valence-corrected chi connectivity index (χ0v) is 9.84. The fourth-order valence-electron chi connectivity index (χ4n) is 2.10. The molecule has 0 radical (unpaired) electrons. The van der Waals surface area contributed by atoms with Gasteiger partial charge in [0.25, 0.3) is 0 Å². The first-order valence-electron chi connectivity index (χ1n) is 5.63. The third kappa shape index (κ3) is 2.36. The Bertz CT molecular complexity index is 387. The summed E-state index contributed by atoms with van der Waals surface area (Å²) in [6, 6.07) is 5.65. The van der Waals surface area contributed by atoms with Gasteiger partial charge in [-0.3, -0.25) is 0 Å². The maximum atomic E-state index is 9.57. The van der Waals surface area contributed by atoms with Gasteiger partial charge in [-0.1, -0.05) is 6.07 Å². The summed E-state index contributed by atoms with van der Waals surface area (Å²) in [7, 11) is 1.61. The number of ether oxygens (including phenoxy) is 1. The summed E-state index contributed by atoms with van der Waals surface area (Å²) in [5.41, 5.74) is 7.58. The quantitative estimate of drug-likeness (QED) is 0.673. The number of β-amino-alcohol motifs (C(OH)–C–C–N with tert-alkyl or cyclic N) is 2. The highest BCUT2D eigenvalue weighted by atomic mass is 16.5. The molecule has 4 N–H and O–H groups in total. The van der Waals surface area contributed by atoms with Gasteiger partial charge in [0.05, 0.1) is 19.3 Å². The summed E-state index contributed by atoms with van der Waals surface area (Å²) in [4.78, 5) is 1.93. The van der Waals surface area contributed by atoms with Crippen LogP contribution < -0.4 is 15.4 Å². The van der Waals surface area contributed by atoms with Crippen molar-refractivity contribution in [2.24, 2.45) is 5.73 Å². The van der Waals surface area contributed by atoms with Gasteiger partial charge in [0.15, 0.2) is 0 Å². The highest BCUT2D eigenvalue weighted by molar-refractivity contribution is 5.58. The predicted molar refractivity (Wildman–Crippen MR) is 65.1 cm³/mol. The zero-order valence-electron chi connectivity index (χ0n) is 9.84. The normalized spacial score (nSPS) is 24.1. The molecule has 0 saturated carbocycles. The summed E-state index contributed by atoms with van der Waals surface area (Å²) in [6.07, 6.45) is -1.40. The number of aliphatic hydroxyl groups excluding tert-OH is 2. The Balaban J connectivity index is 2.30. The van der Waals surface area contributed by atoms with Crippen LogP contribution in [0.1, 0.15) is 5.56 Å². The van der Waals surface area contributed by atoms with Crippen LogP contribution in [0.4, 0.5) is 5.69 Å². The van der Waals surface area contributed by atoms with Gasteiger partial charge in [0.1, 0.15) is 5.75 Å². The molecular formula is C12H18N2O3. The summed E-state index contributed by atoms with van der Waals surface area (Å²) >= 11 is 0. The number of hydrogen-bond acceptors (Lipinski definition) is 5. The van der Waals surface area contributed by atoms with Crippen LogP contribution in [0.2, 0.25) is 0 Å². The van der Waals surface area contributed by atoms with Gasteiger partial charge in [-0.05, 0) is 11.6 Å². The molecule has 0 amide bonds. The van der Waals surface area contributed by atoms with Gasteiger partial charge in [-0.25, -0.2) is 0 Å². The fourth-order valence-corrected chi connectivity index (χ4v) is 2.10. The zero-order chi connectivity index (χ0) is 12.4. The van der Waals surface area contributed by atoms with E-state index in [-0.39, 0.29) is 0 Å². The molecule has 94 valence electrons. The molecule has 0 bridgehead atoms. The number of nitrogens with zero attached hydrogens (tertiary/aromatic N) is 1. The second-order valence-corrected chi connectivity index (χ2v) is 4.24. The van der Waals surface area contributed by atoms with Crippen molar-refractivity contribution < 1.29 is 14.9 Å². The van der Waals surface area contributed by atoms with Crippen LogP contribution in [0.15, 0.2) is 18.2 Å². The van der Waals surface area contributed by atoms with Crippen LogP contribution in [-0.2, 0) is 6.54 Å². The van der Waals surface area contributed by atoms with Crippen molar-refractivity contribution in [2.75, 3.05) is 25.1 Å². The van der Waals surface area contributed by atoms with E-state index in [4.69, 9.17) is 10.5 Å². The van der Waals surface area contributed by atoms with E-state index in [2.05, 4.69) is 0 Å². The molecule has 17 heavy (non-hydrogen) atoms. The average molecular weight is 238 g/mol. The third-order valence-corrected chi connectivity index (χ3v) is 3.11. The van der Waals surface area contributed by atoms with Gasteiger partial charge in [-0.2, -0.15) is 0 Å². The summed E-state index contributed by atoms with van der Waals surface area (Å²) in [6.45, 7) is 1.25. The van der Waals surface area contributed by atoms with E-state index in [1.807, 2.05) is 23.1 Å². The maximum absolute atomic E-state index is 9.57. The number of methoxy groups -OCH3 is 1. The lowest BCUT2D eigenvalue weighted by Crippen LogP contribution is -2.23. The lowest BCUT2D eigenvalue weighted by atomic mass is 10.1. The Morgan fingerprint density at radius 3 is 2.53 bits per heavy atom. The first-order valence-corrected chi connectivity index (χ1v) is 5.63. The summed E-state index contributed by atoms with van der Waals surface area (Å²) in [5, 5.41) is 19.1. The van der Waals surface area contributed by atoms with Crippen molar-refractivity contribution in [3.63, 3.8) is 0 Å². The first-order chi connectivity index (χ1) is 8.15. The molecule has 0 aromatic heterocycles. The molecule has 5 heteroatoms. The molecule has 1 fully saturated rings. The van der Waals surface area contributed by atoms with Crippen LogP contribution in [0.3, 0.4) is 0 Å². The second kappa shape index (κ2) is 4.91. The number of nitrogens with two attached hydrogens (primary N) is 1. The minimum Gasteiger partial charge on any atom is -0.497 e. The van der Waals surface area contributed by atoms with E-state index < -0.39 is 12.2 Å². The van der Waals surface area contributed by atoms with Gasteiger partial charge in [0.2, 0.25) is 0 Å². The monoisotopic (exact) mass is 238 g/mol. The van der Waals surface area contributed by atoms with Crippen molar-refractivity contribution in [2.45, 2.75) is 18.8 Å². The molecule has 1 heterocycles. The molecule has 1 aromatic carbocycles. The lowest BCUT2D eigenvalue weighted by Gasteiger charge is -2.21. The van der Waals surface area contributed by atoms with Crippen molar-refractivity contribution in [3.05, 3.63) is 23.8 Å². The van der Waals surface area contributed by atoms with Crippen molar-refractivity contribution in [1.82, 2.24) is 0 Å². The Labute approximate surface area is 100 Å². The van der Waals surface area contributed by atoms with E-state index in [0.717, 1.165) is 17.0 Å². The van der Waals surface area contributed by atoms with Crippen LogP contribution in [0, 0.1) is 0 Å². The van der Waals surface area contributed by atoms with Gasteiger partial charge in [0, 0.05) is 31.4 Å². The largest absolute Gasteiger partial charge is 0.497 e. The number of anilines is 1. The number of hydrogen-bond donors (Lipinski definition) is 3. The Morgan fingerprint density at radius 2 is 2.00 bits per heavy atom. The molecule has 5 nitrogen and oxygen atoms in total. The van der Waals surface area contributed by atoms with Crippen LogP contribution in [0.25, 0.3) is 0 Å². The van der Waals surface area contributed by atoms with Crippen molar-refractivity contribution in [3.8, 4) is 5.75 Å². The molecule has 0 spiro atoms. The van der Waals surface area contributed by atoms with E-state index >= 15 is 0 Å². The molecule has 0 aliphatic carbocycles. The molecule has 1 aliphatic rings. The van der Waals surface area contributed by atoms with E-state index in [0.29, 0.717) is 19.6 Å². The highest BCUT2D eigenvalue weighted by Gasteiger charge is 2.30. The van der Waals surface area contributed by atoms with Gasteiger partial charge < -0.3 is 25.6 Å². The number of aliphatic hydroxyl groups is 2.